The van der Waals surface area contributed by atoms with E-state index in [1.807, 2.05) is 0 Å². The number of carbonyl (C=O) groups is 1. The second kappa shape index (κ2) is 7.03. The van der Waals surface area contributed by atoms with Crippen molar-refractivity contribution in [3.8, 4) is 0 Å². The van der Waals surface area contributed by atoms with E-state index in [1.54, 1.807) is 18.2 Å². The molecule has 0 aliphatic heterocycles. The third-order valence-electron chi connectivity index (χ3n) is 2.86. The maximum absolute atomic E-state index is 12.4. The highest BCUT2D eigenvalue weighted by Crippen LogP contribution is 2.29. The summed E-state index contributed by atoms with van der Waals surface area (Å²) >= 11 is 12.0. The van der Waals surface area contributed by atoms with Crippen molar-refractivity contribution in [3.05, 3.63) is 33.8 Å². The van der Waals surface area contributed by atoms with Gasteiger partial charge in [0.15, 0.2) is 5.78 Å². The topological polar surface area (TPSA) is 17.1 Å². The van der Waals surface area contributed by atoms with Gasteiger partial charge in [0.05, 0.1) is 10.0 Å². The Morgan fingerprint density at radius 1 is 1.18 bits per heavy atom. The van der Waals surface area contributed by atoms with Crippen LogP contribution < -0.4 is 0 Å². The van der Waals surface area contributed by atoms with Gasteiger partial charge in [0, 0.05) is 11.5 Å². The molecule has 0 saturated heterocycles. The third-order valence-corrected chi connectivity index (χ3v) is 3.68. The molecule has 0 N–H and O–H groups in total. The van der Waals surface area contributed by atoms with Crippen LogP contribution in [-0.2, 0) is 0 Å². The summed E-state index contributed by atoms with van der Waals surface area (Å²) in [5.74, 6) is 0.196. The zero-order chi connectivity index (χ0) is 12.8. The van der Waals surface area contributed by atoms with Crippen molar-refractivity contribution in [1.29, 1.82) is 0 Å². The fourth-order valence-corrected chi connectivity index (χ4v) is 2.41. The molecule has 0 aromatic heterocycles. The highest BCUT2D eigenvalue weighted by molar-refractivity contribution is 6.43. The van der Waals surface area contributed by atoms with Crippen molar-refractivity contribution >= 4 is 29.0 Å². The lowest BCUT2D eigenvalue weighted by Crippen LogP contribution is -2.15. The van der Waals surface area contributed by atoms with Gasteiger partial charge in [0.1, 0.15) is 0 Å². The molecular formula is C14H18Cl2O. The summed E-state index contributed by atoms with van der Waals surface area (Å²) in [5, 5.41) is 0.834. The monoisotopic (exact) mass is 272 g/mol. The number of ketones is 1. The van der Waals surface area contributed by atoms with Crippen LogP contribution in [0.3, 0.4) is 0 Å². The molecule has 0 fully saturated rings. The normalized spacial score (nSPS) is 10.9. The van der Waals surface area contributed by atoms with Crippen LogP contribution in [0.15, 0.2) is 18.2 Å². The van der Waals surface area contributed by atoms with E-state index >= 15 is 0 Å². The van der Waals surface area contributed by atoms with Crippen LogP contribution in [0.25, 0.3) is 0 Å². The largest absolute Gasteiger partial charge is 0.294 e. The summed E-state index contributed by atoms with van der Waals surface area (Å²) in [6, 6.07) is 5.24. The number of rotatable bonds is 6. The van der Waals surface area contributed by atoms with Gasteiger partial charge in [0.2, 0.25) is 0 Å². The van der Waals surface area contributed by atoms with Crippen molar-refractivity contribution in [2.45, 2.75) is 39.5 Å². The predicted octanol–water partition coefficient (Wildman–Crippen LogP) is 5.39. The smallest absolute Gasteiger partial charge is 0.167 e. The predicted molar refractivity (Wildman–Crippen MR) is 74.1 cm³/mol. The molecule has 0 aliphatic carbocycles. The van der Waals surface area contributed by atoms with Gasteiger partial charge in [-0.15, -0.1) is 0 Å². The van der Waals surface area contributed by atoms with Gasteiger partial charge in [-0.3, -0.25) is 4.79 Å². The first-order valence-corrected chi connectivity index (χ1v) is 6.85. The molecule has 0 aliphatic rings. The summed E-state index contributed by atoms with van der Waals surface area (Å²) in [7, 11) is 0. The minimum atomic E-state index is 0.0703. The molecule has 0 unspecified atom stereocenters. The van der Waals surface area contributed by atoms with Crippen molar-refractivity contribution in [1.82, 2.24) is 0 Å². The molecule has 0 saturated carbocycles. The number of hydrogen-bond donors (Lipinski definition) is 0. The quantitative estimate of drug-likeness (QED) is 0.635. The van der Waals surface area contributed by atoms with E-state index in [0.29, 0.717) is 15.6 Å². The highest BCUT2D eigenvalue weighted by Gasteiger charge is 2.21. The second-order valence-electron chi connectivity index (χ2n) is 4.24. The fraction of sp³-hybridized carbons (Fsp3) is 0.500. The van der Waals surface area contributed by atoms with E-state index in [0.717, 1.165) is 25.7 Å². The van der Waals surface area contributed by atoms with Crippen LogP contribution >= 0.6 is 23.2 Å². The van der Waals surface area contributed by atoms with Gasteiger partial charge in [-0.2, -0.15) is 0 Å². The molecular weight excluding hydrogens is 255 g/mol. The molecule has 0 amide bonds. The van der Waals surface area contributed by atoms with Gasteiger partial charge < -0.3 is 0 Å². The Bertz CT molecular complexity index is 382. The molecule has 0 spiro atoms. The SMILES string of the molecule is CCCC(CCC)C(=O)c1cccc(Cl)c1Cl. The lowest BCUT2D eigenvalue weighted by molar-refractivity contribution is 0.0905. The maximum Gasteiger partial charge on any atom is 0.167 e. The van der Waals surface area contributed by atoms with Crippen LogP contribution in [0.4, 0.5) is 0 Å². The summed E-state index contributed by atoms with van der Waals surface area (Å²) < 4.78 is 0. The number of Topliss-reactive ketones (excluding diaryl/α,β-unsaturated/α-hetero) is 1. The number of halogens is 2. The molecule has 1 aromatic rings. The Morgan fingerprint density at radius 3 is 2.29 bits per heavy atom. The number of benzene rings is 1. The van der Waals surface area contributed by atoms with Gasteiger partial charge >= 0.3 is 0 Å². The average Bonchev–Trinajstić information content (AvgIpc) is 2.31. The first kappa shape index (κ1) is 14.5. The van der Waals surface area contributed by atoms with E-state index in [2.05, 4.69) is 13.8 Å². The first-order chi connectivity index (χ1) is 8.11. The van der Waals surface area contributed by atoms with Gasteiger partial charge in [0.25, 0.3) is 0 Å². The highest BCUT2D eigenvalue weighted by atomic mass is 35.5. The maximum atomic E-state index is 12.4. The molecule has 94 valence electrons. The first-order valence-electron chi connectivity index (χ1n) is 6.10. The molecule has 0 atom stereocenters. The molecule has 1 nitrogen and oxygen atoms in total. The lowest BCUT2D eigenvalue weighted by atomic mass is 9.90. The molecule has 3 heteroatoms. The Morgan fingerprint density at radius 2 is 1.76 bits per heavy atom. The summed E-state index contributed by atoms with van der Waals surface area (Å²) in [6.07, 6.45) is 3.84. The molecule has 1 rings (SSSR count). The number of hydrogen-bond acceptors (Lipinski definition) is 1. The average molecular weight is 273 g/mol. The van der Waals surface area contributed by atoms with Crippen LogP contribution in [0.2, 0.25) is 10.0 Å². The molecule has 0 heterocycles. The van der Waals surface area contributed by atoms with Gasteiger partial charge in [-0.25, -0.2) is 0 Å². The summed E-state index contributed by atoms with van der Waals surface area (Å²) in [5.41, 5.74) is 0.561. The Kier molecular flexibility index (Phi) is 6.01. The van der Waals surface area contributed by atoms with Crippen LogP contribution in [-0.4, -0.2) is 5.78 Å². The van der Waals surface area contributed by atoms with E-state index in [4.69, 9.17) is 23.2 Å². The minimum absolute atomic E-state index is 0.0703. The second-order valence-corrected chi connectivity index (χ2v) is 5.03. The van der Waals surface area contributed by atoms with Crippen LogP contribution in [0, 0.1) is 5.92 Å². The van der Waals surface area contributed by atoms with Gasteiger partial charge in [-0.1, -0.05) is 56.0 Å². The van der Waals surface area contributed by atoms with Crippen molar-refractivity contribution in [3.63, 3.8) is 0 Å². The molecule has 0 bridgehead atoms. The molecule has 17 heavy (non-hydrogen) atoms. The van der Waals surface area contributed by atoms with Crippen LogP contribution in [0.1, 0.15) is 49.9 Å². The Balaban J connectivity index is 2.96. The Labute approximate surface area is 113 Å². The zero-order valence-corrected chi connectivity index (χ0v) is 11.8. The lowest BCUT2D eigenvalue weighted by Gasteiger charge is -2.15. The standard InChI is InChI=1S/C14H18Cl2O/c1-3-6-10(7-4-2)14(17)11-8-5-9-12(15)13(11)16/h5,8-10H,3-4,6-7H2,1-2H3. The molecule has 0 radical (unpaired) electrons. The van der Waals surface area contributed by atoms with E-state index < -0.39 is 0 Å². The van der Waals surface area contributed by atoms with Crippen LogP contribution in [0.5, 0.6) is 0 Å². The van der Waals surface area contributed by atoms with E-state index in [9.17, 15) is 4.79 Å². The third kappa shape index (κ3) is 3.72. The van der Waals surface area contributed by atoms with E-state index in [1.165, 1.54) is 0 Å². The van der Waals surface area contributed by atoms with E-state index in [-0.39, 0.29) is 11.7 Å². The zero-order valence-electron chi connectivity index (χ0n) is 10.3. The fourth-order valence-electron chi connectivity index (χ4n) is 2.02. The van der Waals surface area contributed by atoms with Crippen molar-refractivity contribution < 1.29 is 4.79 Å². The summed E-state index contributed by atoms with van der Waals surface area (Å²) in [6.45, 7) is 4.19. The molecule has 1 aromatic carbocycles. The summed E-state index contributed by atoms with van der Waals surface area (Å²) in [4.78, 5) is 12.4. The van der Waals surface area contributed by atoms with Crippen molar-refractivity contribution in [2.75, 3.05) is 0 Å². The Hall–Kier alpha value is -0.530. The minimum Gasteiger partial charge on any atom is -0.294 e. The van der Waals surface area contributed by atoms with Gasteiger partial charge in [-0.05, 0) is 25.0 Å². The number of carbonyl (C=O) groups excluding carboxylic acids is 1. The van der Waals surface area contributed by atoms with Crippen molar-refractivity contribution in [2.24, 2.45) is 5.92 Å².